The van der Waals surface area contributed by atoms with Crippen LogP contribution in [0.1, 0.15) is 31.4 Å². The zero-order valence-corrected chi connectivity index (χ0v) is 20.3. The van der Waals surface area contributed by atoms with Gasteiger partial charge in [-0.1, -0.05) is 62.4 Å². The van der Waals surface area contributed by atoms with Gasteiger partial charge in [0, 0.05) is 38.3 Å². The lowest BCUT2D eigenvalue weighted by Gasteiger charge is -2.31. The Bertz CT molecular complexity index is 1530. The Labute approximate surface area is 209 Å². The van der Waals surface area contributed by atoms with Crippen molar-refractivity contribution in [2.45, 2.75) is 25.7 Å². The van der Waals surface area contributed by atoms with Gasteiger partial charge in [0.05, 0.1) is 11.4 Å². The topological polar surface area (TPSA) is 72.0 Å². The fraction of sp³-hybridized carbons (Fsp3) is 0.125. The van der Waals surface area contributed by atoms with Crippen molar-refractivity contribution < 1.29 is 10.2 Å². The van der Waals surface area contributed by atoms with E-state index < -0.39 is 0 Å². The number of nitrogens with one attached hydrogen (secondary N) is 2. The first kappa shape index (κ1) is 22.1. The molecule has 2 aromatic heterocycles. The van der Waals surface area contributed by atoms with Crippen LogP contribution in [0.2, 0.25) is 0 Å². The van der Waals surface area contributed by atoms with E-state index in [9.17, 15) is 10.2 Å². The first-order valence-corrected chi connectivity index (χ1v) is 12.3. The number of para-hydroxylation sites is 2. The zero-order chi connectivity index (χ0) is 24.9. The van der Waals surface area contributed by atoms with Gasteiger partial charge in [-0.25, -0.2) is 0 Å². The predicted molar refractivity (Wildman–Crippen MR) is 148 cm³/mol. The number of benzene rings is 4. The smallest absolute Gasteiger partial charge is 0.124 e. The van der Waals surface area contributed by atoms with Crippen molar-refractivity contribution in [1.82, 2.24) is 9.97 Å². The van der Waals surface area contributed by atoms with Crippen LogP contribution >= 0.6 is 0 Å². The Morgan fingerprint density at radius 3 is 1.47 bits per heavy atom. The summed E-state index contributed by atoms with van der Waals surface area (Å²) in [6.45, 7) is 4.39. The first-order valence-electron chi connectivity index (χ1n) is 12.3. The summed E-state index contributed by atoms with van der Waals surface area (Å²) in [6, 6.07) is 32.1. The molecular formula is C32H28N2O2. The number of fused-ring (bicyclic) bond motifs is 2. The van der Waals surface area contributed by atoms with Crippen molar-refractivity contribution >= 4 is 21.8 Å². The third kappa shape index (κ3) is 3.54. The van der Waals surface area contributed by atoms with Crippen LogP contribution in [-0.4, -0.2) is 20.2 Å². The van der Waals surface area contributed by atoms with Crippen LogP contribution in [-0.2, 0) is 5.41 Å². The number of hydrogen-bond acceptors (Lipinski definition) is 2. The van der Waals surface area contributed by atoms with Crippen LogP contribution in [0.15, 0.2) is 97.1 Å². The van der Waals surface area contributed by atoms with Crippen molar-refractivity contribution in [3.63, 3.8) is 0 Å². The average molecular weight is 473 g/mol. The third-order valence-electron chi connectivity index (χ3n) is 7.61. The summed E-state index contributed by atoms with van der Waals surface area (Å²) in [6.07, 6.45) is 0.848. The summed E-state index contributed by atoms with van der Waals surface area (Å²) < 4.78 is 0. The van der Waals surface area contributed by atoms with Crippen molar-refractivity contribution in [3.8, 4) is 34.0 Å². The minimum atomic E-state index is -0.330. The molecule has 4 aromatic carbocycles. The largest absolute Gasteiger partial charge is 0.507 e. The molecule has 0 saturated carbocycles. The van der Waals surface area contributed by atoms with Crippen LogP contribution in [0.25, 0.3) is 44.3 Å². The average Bonchev–Trinajstić information content (AvgIpc) is 3.53. The van der Waals surface area contributed by atoms with Gasteiger partial charge in [0.2, 0.25) is 0 Å². The highest BCUT2D eigenvalue weighted by Gasteiger charge is 2.29. The van der Waals surface area contributed by atoms with Gasteiger partial charge < -0.3 is 20.2 Å². The molecule has 0 aliphatic carbocycles. The number of rotatable bonds is 5. The van der Waals surface area contributed by atoms with Gasteiger partial charge in [-0.15, -0.1) is 0 Å². The van der Waals surface area contributed by atoms with E-state index in [-0.39, 0.29) is 16.9 Å². The molecule has 6 aromatic rings. The Balaban J connectivity index is 1.46. The molecule has 4 N–H and O–H groups in total. The van der Waals surface area contributed by atoms with Crippen LogP contribution in [0.4, 0.5) is 0 Å². The standard InChI is InChI=1S/C32H28N2O2/c1-3-32(2,22-12-14-30(35)24(18-22)28-16-20-8-4-6-10-26(20)33-28)23-13-15-31(36)25(19-23)29-17-21-9-5-7-11-27(21)34-29/h4-19,33-36H,3H2,1-2H3. The molecular weight excluding hydrogens is 444 g/mol. The van der Waals surface area contributed by atoms with Crippen molar-refractivity contribution in [1.29, 1.82) is 0 Å². The number of aromatic nitrogens is 2. The number of phenolic OH excluding ortho intramolecular Hbond substituents is 2. The molecule has 6 rings (SSSR count). The molecule has 0 bridgehead atoms. The molecule has 178 valence electrons. The second-order valence-corrected chi connectivity index (χ2v) is 9.69. The maximum absolute atomic E-state index is 10.8. The van der Waals surface area contributed by atoms with E-state index >= 15 is 0 Å². The number of aromatic hydroxyl groups is 2. The monoisotopic (exact) mass is 472 g/mol. The van der Waals surface area contributed by atoms with Crippen LogP contribution in [0.3, 0.4) is 0 Å². The van der Waals surface area contributed by atoms with Crippen molar-refractivity contribution in [3.05, 3.63) is 108 Å². The summed E-state index contributed by atoms with van der Waals surface area (Å²) in [5, 5.41) is 23.7. The first-order chi connectivity index (χ1) is 17.5. The van der Waals surface area contributed by atoms with Crippen LogP contribution in [0.5, 0.6) is 11.5 Å². The van der Waals surface area contributed by atoms with E-state index in [1.807, 2.05) is 48.5 Å². The van der Waals surface area contributed by atoms with Gasteiger partial charge in [0.1, 0.15) is 11.5 Å². The number of phenols is 2. The molecule has 2 heterocycles. The lowest BCUT2D eigenvalue weighted by molar-refractivity contribution is 0.474. The van der Waals surface area contributed by atoms with Crippen molar-refractivity contribution in [2.75, 3.05) is 0 Å². The van der Waals surface area contributed by atoms with Crippen LogP contribution in [0, 0.1) is 0 Å². The molecule has 0 aliphatic rings. The molecule has 0 radical (unpaired) electrons. The lowest BCUT2D eigenvalue weighted by Crippen LogP contribution is -2.22. The summed E-state index contributed by atoms with van der Waals surface area (Å²) >= 11 is 0. The summed E-state index contributed by atoms with van der Waals surface area (Å²) in [5.74, 6) is 0.487. The minimum absolute atomic E-state index is 0.244. The molecule has 4 heteroatoms. The minimum Gasteiger partial charge on any atom is -0.507 e. The van der Waals surface area contributed by atoms with E-state index in [1.165, 1.54) is 0 Å². The fourth-order valence-corrected chi connectivity index (χ4v) is 5.20. The Kier molecular flexibility index (Phi) is 5.11. The fourth-order valence-electron chi connectivity index (χ4n) is 5.20. The molecule has 0 fully saturated rings. The van der Waals surface area contributed by atoms with Gasteiger partial charge in [-0.2, -0.15) is 0 Å². The number of hydrogen-bond donors (Lipinski definition) is 4. The molecule has 0 spiro atoms. The Morgan fingerprint density at radius 2 is 1.06 bits per heavy atom. The maximum atomic E-state index is 10.8. The highest BCUT2D eigenvalue weighted by molar-refractivity contribution is 5.88. The highest BCUT2D eigenvalue weighted by Crippen LogP contribution is 2.42. The molecule has 0 amide bonds. The summed E-state index contributed by atoms with van der Waals surface area (Å²) in [7, 11) is 0. The molecule has 36 heavy (non-hydrogen) atoms. The van der Waals surface area contributed by atoms with Gasteiger partial charge in [0.25, 0.3) is 0 Å². The SMILES string of the molecule is CCC(C)(c1ccc(O)c(-c2cc3ccccc3[nH]2)c1)c1ccc(O)c(-c2cc3ccccc3[nH]2)c1. The zero-order valence-electron chi connectivity index (χ0n) is 20.3. The van der Waals surface area contributed by atoms with Gasteiger partial charge in [-0.05, 0) is 66.1 Å². The summed E-state index contributed by atoms with van der Waals surface area (Å²) in [5.41, 5.74) is 7.28. The number of aromatic amines is 2. The van der Waals surface area contributed by atoms with Crippen molar-refractivity contribution in [2.24, 2.45) is 0 Å². The van der Waals surface area contributed by atoms with E-state index in [4.69, 9.17) is 0 Å². The maximum Gasteiger partial charge on any atom is 0.124 e. The van der Waals surface area contributed by atoms with Gasteiger partial charge >= 0.3 is 0 Å². The van der Waals surface area contributed by atoms with E-state index in [2.05, 4.69) is 60.2 Å². The predicted octanol–water partition coefficient (Wildman–Crippen LogP) is 8.11. The molecule has 0 saturated heterocycles. The third-order valence-corrected chi connectivity index (χ3v) is 7.61. The van der Waals surface area contributed by atoms with Gasteiger partial charge in [-0.3, -0.25) is 0 Å². The molecule has 0 aliphatic heterocycles. The van der Waals surface area contributed by atoms with Crippen LogP contribution < -0.4 is 0 Å². The lowest BCUT2D eigenvalue weighted by atomic mass is 9.73. The molecule has 0 atom stereocenters. The second-order valence-electron chi connectivity index (χ2n) is 9.69. The molecule has 0 unspecified atom stereocenters. The summed E-state index contributed by atoms with van der Waals surface area (Å²) in [4.78, 5) is 6.89. The Morgan fingerprint density at radius 1 is 0.611 bits per heavy atom. The van der Waals surface area contributed by atoms with E-state index in [0.717, 1.165) is 61.9 Å². The van der Waals surface area contributed by atoms with E-state index in [0.29, 0.717) is 0 Å². The molecule has 4 nitrogen and oxygen atoms in total. The van der Waals surface area contributed by atoms with Gasteiger partial charge in [0.15, 0.2) is 0 Å². The van der Waals surface area contributed by atoms with E-state index in [1.54, 1.807) is 12.1 Å². The number of H-pyrrole nitrogens is 2. The highest BCUT2D eigenvalue weighted by atomic mass is 16.3. The Hall–Kier alpha value is -4.44. The quantitative estimate of drug-likeness (QED) is 0.205. The second kappa shape index (κ2) is 8.35. The normalized spacial score (nSPS) is 11.9.